The summed E-state index contributed by atoms with van der Waals surface area (Å²) in [5.41, 5.74) is 2.73. The minimum atomic E-state index is -0.899. The fraction of sp³-hybridized carbons (Fsp3) is 0.667. The largest absolute Gasteiger partial charge is 0.465 e. The van der Waals surface area contributed by atoms with Crippen molar-refractivity contribution < 1.29 is 14.7 Å². The maximum Gasteiger partial charge on any atom is 0.408 e. The quantitative estimate of drug-likeness (QED) is 0.406. The molecule has 14 heavy (non-hydrogen) atoms. The molecule has 0 aromatic carbocycles. The topological polar surface area (TPSA) is 61.8 Å². The molecule has 80 valence electrons. The molecular formula is C9H16N2O3. The van der Waals surface area contributed by atoms with E-state index < -0.39 is 6.09 Å². The molecule has 0 aromatic heterocycles. The average molecular weight is 200 g/mol. The second-order valence-corrected chi connectivity index (χ2v) is 3.21. The highest BCUT2D eigenvalue weighted by Gasteiger charge is 2.25. The van der Waals surface area contributed by atoms with Gasteiger partial charge in [0.15, 0.2) is 0 Å². The summed E-state index contributed by atoms with van der Waals surface area (Å²) in [6, 6.07) is 0. The van der Waals surface area contributed by atoms with Gasteiger partial charge in [-0.1, -0.05) is 6.08 Å². The lowest BCUT2D eigenvalue weighted by atomic mass is 10.1. The molecule has 1 fully saturated rings. The lowest BCUT2D eigenvalue weighted by Crippen LogP contribution is -2.50. The second-order valence-electron chi connectivity index (χ2n) is 3.21. The first kappa shape index (κ1) is 11.0. The number of hydrogen-bond donors (Lipinski definition) is 2. The second kappa shape index (κ2) is 5.62. The fourth-order valence-corrected chi connectivity index (χ4v) is 1.49. The van der Waals surface area contributed by atoms with Gasteiger partial charge in [0.25, 0.3) is 0 Å². The normalized spacial score (nSPS) is 22.0. The number of likely N-dealkylation sites (tertiary alicyclic amines) is 1. The fourth-order valence-electron chi connectivity index (χ4n) is 1.49. The number of hydroxylamine groups is 1. The smallest absolute Gasteiger partial charge is 0.408 e. The molecule has 1 saturated heterocycles. The minimum absolute atomic E-state index is 0.221. The lowest BCUT2D eigenvalue weighted by Gasteiger charge is -2.33. The van der Waals surface area contributed by atoms with Crippen molar-refractivity contribution in [2.45, 2.75) is 25.4 Å². The Balaban J connectivity index is 2.37. The van der Waals surface area contributed by atoms with Crippen molar-refractivity contribution in [1.82, 2.24) is 10.4 Å². The Kier molecular flexibility index (Phi) is 4.42. The highest BCUT2D eigenvalue weighted by atomic mass is 16.6. The van der Waals surface area contributed by atoms with Crippen LogP contribution in [0.1, 0.15) is 19.3 Å². The molecule has 1 aliphatic rings. The molecule has 5 heteroatoms. The van der Waals surface area contributed by atoms with Gasteiger partial charge in [0, 0.05) is 6.54 Å². The van der Waals surface area contributed by atoms with E-state index in [9.17, 15) is 4.79 Å². The number of hydrogen-bond acceptors (Lipinski definition) is 3. The van der Waals surface area contributed by atoms with Gasteiger partial charge in [0.1, 0.15) is 6.17 Å². The maximum atomic E-state index is 10.8. The van der Waals surface area contributed by atoms with Crippen molar-refractivity contribution in [3.63, 3.8) is 0 Å². The Labute approximate surface area is 83.3 Å². The molecule has 1 heterocycles. The molecule has 1 aliphatic heterocycles. The third kappa shape index (κ3) is 3.01. The maximum absolute atomic E-state index is 10.8. The number of rotatable bonds is 4. The van der Waals surface area contributed by atoms with Gasteiger partial charge < -0.3 is 5.11 Å². The monoisotopic (exact) mass is 200 g/mol. The molecule has 2 N–H and O–H groups in total. The first-order valence-electron chi connectivity index (χ1n) is 4.73. The van der Waals surface area contributed by atoms with Gasteiger partial charge in [-0.3, -0.25) is 9.74 Å². The van der Waals surface area contributed by atoms with Crippen molar-refractivity contribution in [2.75, 3.05) is 13.2 Å². The Hall–Kier alpha value is -1.07. The van der Waals surface area contributed by atoms with Gasteiger partial charge in [-0.25, -0.2) is 4.79 Å². The van der Waals surface area contributed by atoms with Crippen molar-refractivity contribution >= 4 is 6.09 Å². The van der Waals surface area contributed by atoms with E-state index in [1.807, 2.05) is 0 Å². The van der Waals surface area contributed by atoms with E-state index in [-0.39, 0.29) is 6.17 Å². The zero-order valence-corrected chi connectivity index (χ0v) is 8.11. The van der Waals surface area contributed by atoms with Gasteiger partial charge in [-0.05, 0) is 19.3 Å². The third-order valence-electron chi connectivity index (χ3n) is 2.17. The molecule has 0 aromatic rings. The number of piperidine rings is 1. The van der Waals surface area contributed by atoms with E-state index in [1.54, 1.807) is 6.08 Å². The van der Waals surface area contributed by atoms with Crippen LogP contribution in [0.15, 0.2) is 12.7 Å². The molecule has 5 nitrogen and oxygen atoms in total. The van der Waals surface area contributed by atoms with Crippen LogP contribution in [0.5, 0.6) is 0 Å². The molecule has 0 aliphatic carbocycles. The number of nitrogens with zero attached hydrogens (tertiary/aromatic N) is 1. The number of amides is 1. The summed E-state index contributed by atoms with van der Waals surface area (Å²) < 4.78 is 0. The highest BCUT2D eigenvalue weighted by molar-refractivity contribution is 5.65. The van der Waals surface area contributed by atoms with Gasteiger partial charge in [-0.15, -0.1) is 6.58 Å². The van der Waals surface area contributed by atoms with Crippen molar-refractivity contribution in [3.05, 3.63) is 12.7 Å². The van der Waals surface area contributed by atoms with Crippen LogP contribution in [0, 0.1) is 0 Å². The number of carboxylic acid groups (broad SMARTS) is 1. The standard InChI is InChI=1S/C9H16N2O3/c1-2-7-14-10-8-5-3-4-6-11(8)9(12)13/h2,8,10H,1,3-7H2,(H,12,13). The number of nitrogens with one attached hydrogen (secondary N) is 1. The number of carbonyl (C=O) groups is 1. The zero-order chi connectivity index (χ0) is 10.4. The average Bonchev–Trinajstić information content (AvgIpc) is 2.19. The summed E-state index contributed by atoms with van der Waals surface area (Å²) in [5.74, 6) is 0. The summed E-state index contributed by atoms with van der Waals surface area (Å²) in [5, 5.41) is 8.88. The summed E-state index contributed by atoms with van der Waals surface area (Å²) in [6.07, 6.45) is 3.24. The summed E-state index contributed by atoms with van der Waals surface area (Å²) in [6.45, 7) is 4.46. The van der Waals surface area contributed by atoms with Crippen molar-refractivity contribution in [2.24, 2.45) is 0 Å². The van der Waals surface area contributed by atoms with Gasteiger partial charge in [0.05, 0.1) is 6.61 Å². The zero-order valence-electron chi connectivity index (χ0n) is 8.11. The summed E-state index contributed by atoms with van der Waals surface area (Å²) in [4.78, 5) is 17.2. The Morgan fingerprint density at radius 3 is 3.14 bits per heavy atom. The minimum Gasteiger partial charge on any atom is -0.465 e. The molecular weight excluding hydrogens is 184 g/mol. The SMILES string of the molecule is C=CCONC1CCCCN1C(=O)O. The van der Waals surface area contributed by atoms with Crippen LogP contribution in [-0.4, -0.2) is 35.4 Å². The van der Waals surface area contributed by atoms with Crippen molar-refractivity contribution in [1.29, 1.82) is 0 Å². The van der Waals surface area contributed by atoms with E-state index in [2.05, 4.69) is 12.1 Å². The van der Waals surface area contributed by atoms with Crippen LogP contribution < -0.4 is 5.48 Å². The molecule has 1 atom stereocenters. The van der Waals surface area contributed by atoms with Crippen molar-refractivity contribution in [3.8, 4) is 0 Å². The van der Waals surface area contributed by atoms with E-state index in [1.165, 1.54) is 4.90 Å². The molecule has 0 saturated carbocycles. The van der Waals surface area contributed by atoms with Crippen LogP contribution in [0.25, 0.3) is 0 Å². The third-order valence-corrected chi connectivity index (χ3v) is 2.17. The van der Waals surface area contributed by atoms with Gasteiger partial charge in [-0.2, -0.15) is 5.48 Å². The van der Waals surface area contributed by atoms with Gasteiger partial charge in [0.2, 0.25) is 0 Å². The Morgan fingerprint density at radius 2 is 2.50 bits per heavy atom. The van der Waals surface area contributed by atoms with E-state index >= 15 is 0 Å². The van der Waals surface area contributed by atoms with Gasteiger partial charge >= 0.3 is 6.09 Å². The van der Waals surface area contributed by atoms with Crippen LogP contribution in [0.2, 0.25) is 0 Å². The van der Waals surface area contributed by atoms with E-state index in [0.29, 0.717) is 13.2 Å². The molecule has 0 bridgehead atoms. The summed E-state index contributed by atoms with van der Waals surface area (Å²) in [7, 11) is 0. The predicted octanol–water partition coefficient (Wildman–Crippen LogP) is 1.18. The van der Waals surface area contributed by atoms with Crippen LogP contribution in [0.3, 0.4) is 0 Å². The Bertz CT molecular complexity index is 208. The van der Waals surface area contributed by atoms with Crippen LogP contribution in [-0.2, 0) is 4.84 Å². The summed E-state index contributed by atoms with van der Waals surface area (Å²) >= 11 is 0. The first-order chi connectivity index (χ1) is 6.75. The van der Waals surface area contributed by atoms with Crippen LogP contribution in [0.4, 0.5) is 4.79 Å². The molecule has 0 radical (unpaired) electrons. The molecule has 0 spiro atoms. The van der Waals surface area contributed by atoms with E-state index in [4.69, 9.17) is 9.94 Å². The lowest BCUT2D eigenvalue weighted by molar-refractivity contribution is -0.0283. The van der Waals surface area contributed by atoms with E-state index in [0.717, 1.165) is 19.3 Å². The molecule has 1 rings (SSSR count). The predicted molar refractivity (Wildman–Crippen MR) is 51.7 cm³/mol. The molecule has 1 unspecified atom stereocenters. The molecule has 1 amide bonds. The van der Waals surface area contributed by atoms with Crippen LogP contribution >= 0.6 is 0 Å². The first-order valence-corrected chi connectivity index (χ1v) is 4.73. The Morgan fingerprint density at radius 1 is 1.71 bits per heavy atom. The highest BCUT2D eigenvalue weighted by Crippen LogP contribution is 2.14.